The van der Waals surface area contributed by atoms with E-state index in [4.69, 9.17) is 22.1 Å². The summed E-state index contributed by atoms with van der Waals surface area (Å²) in [7, 11) is 1.68. The Morgan fingerprint density at radius 1 is 1.47 bits per heavy atom. The molecule has 1 aromatic carbocycles. The number of aromatic nitrogens is 1. The van der Waals surface area contributed by atoms with E-state index in [0.717, 1.165) is 0 Å². The number of carbonyl (C=O) groups is 1. The molecule has 0 bridgehead atoms. The van der Waals surface area contributed by atoms with Crippen LogP contribution >= 0.6 is 11.6 Å². The molecule has 0 fully saturated rings. The summed E-state index contributed by atoms with van der Waals surface area (Å²) in [5.41, 5.74) is 6.60. The summed E-state index contributed by atoms with van der Waals surface area (Å²) in [5.74, 6) is -1.07. The fraction of sp³-hybridized carbons (Fsp3) is 0.154. The highest BCUT2D eigenvalue weighted by Crippen LogP contribution is 2.16. The van der Waals surface area contributed by atoms with Crippen LogP contribution in [0.4, 0.5) is 10.1 Å². The van der Waals surface area contributed by atoms with Crippen LogP contribution in [-0.4, -0.2) is 10.5 Å². The first kappa shape index (κ1) is 13.4. The summed E-state index contributed by atoms with van der Waals surface area (Å²) in [4.78, 5) is 11.8. The minimum absolute atomic E-state index is 0.160. The number of benzene rings is 1. The third-order valence-electron chi connectivity index (χ3n) is 2.61. The molecule has 0 aliphatic carbocycles. The molecule has 4 nitrogen and oxygen atoms in total. The van der Waals surface area contributed by atoms with Crippen LogP contribution in [0.15, 0.2) is 30.5 Å². The Hall–Kier alpha value is -2.01. The molecule has 6 heteroatoms. The van der Waals surface area contributed by atoms with Gasteiger partial charge < -0.3 is 15.0 Å². The molecule has 2 aromatic rings. The van der Waals surface area contributed by atoms with Crippen LogP contribution in [-0.2, 0) is 18.4 Å². The average Bonchev–Trinajstić information content (AvgIpc) is 2.67. The van der Waals surface area contributed by atoms with E-state index in [0.29, 0.717) is 16.4 Å². The van der Waals surface area contributed by atoms with E-state index in [1.54, 1.807) is 17.8 Å². The van der Waals surface area contributed by atoms with E-state index >= 15 is 0 Å². The van der Waals surface area contributed by atoms with Gasteiger partial charge in [-0.05, 0) is 18.2 Å². The fourth-order valence-corrected chi connectivity index (χ4v) is 1.81. The van der Waals surface area contributed by atoms with Gasteiger partial charge in [-0.15, -0.1) is 0 Å². The fourth-order valence-electron chi connectivity index (χ4n) is 1.65. The van der Waals surface area contributed by atoms with Crippen molar-refractivity contribution in [2.75, 3.05) is 5.73 Å². The smallest absolute Gasteiger partial charge is 0.355 e. The maximum Gasteiger partial charge on any atom is 0.355 e. The Kier molecular flexibility index (Phi) is 3.76. The molecule has 0 unspecified atom stereocenters. The highest BCUT2D eigenvalue weighted by Gasteiger charge is 2.13. The molecular weight excluding hydrogens is 271 g/mol. The molecule has 0 saturated heterocycles. The standard InChI is InChI=1S/C13H12ClFN2O2/c1-17-6-10(16)5-12(17)13(18)19-7-8-2-3-9(14)4-11(8)15/h2-6H,7,16H2,1H3. The molecule has 0 amide bonds. The molecule has 1 heterocycles. The van der Waals surface area contributed by atoms with Crippen LogP contribution in [0.25, 0.3) is 0 Å². The number of halogens is 2. The first-order valence-corrected chi connectivity index (χ1v) is 5.88. The lowest BCUT2D eigenvalue weighted by Gasteiger charge is -2.06. The monoisotopic (exact) mass is 282 g/mol. The van der Waals surface area contributed by atoms with Crippen LogP contribution in [0.1, 0.15) is 16.1 Å². The maximum absolute atomic E-state index is 13.5. The number of aryl methyl sites for hydroxylation is 1. The zero-order chi connectivity index (χ0) is 14.0. The first-order chi connectivity index (χ1) is 8.97. The molecule has 0 radical (unpaired) electrons. The van der Waals surface area contributed by atoms with Crippen molar-refractivity contribution >= 4 is 23.3 Å². The molecule has 0 saturated carbocycles. The Labute approximate surface area is 114 Å². The third kappa shape index (κ3) is 3.06. The molecule has 19 heavy (non-hydrogen) atoms. The zero-order valence-corrected chi connectivity index (χ0v) is 10.9. The van der Waals surface area contributed by atoms with E-state index in [-0.39, 0.29) is 12.2 Å². The van der Waals surface area contributed by atoms with Gasteiger partial charge in [-0.1, -0.05) is 17.7 Å². The Balaban J connectivity index is 2.06. The van der Waals surface area contributed by atoms with Gasteiger partial charge in [0.25, 0.3) is 0 Å². The minimum Gasteiger partial charge on any atom is -0.456 e. The van der Waals surface area contributed by atoms with Crippen molar-refractivity contribution in [3.8, 4) is 0 Å². The van der Waals surface area contributed by atoms with Crippen molar-refractivity contribution in [3.63, 3.8) is 0 Å². The molecule has 0 aliphatic rings. The van der Waals surface area contributed by atoms with Crippen LogP contribution in [0.5, 0.6) is 0 Å². The number of nitrogens with two attached hydrogens (primary N) is 1. The summed E-state index contributed by atoms with van der Waals surface area (Å²) in [6.45, 7) is -0.160. The SMILES string of the molecule is Cn1cc(N)cc1C(=O)OCc1ccc(Cl)cc1F. The predicted molar refractivity (Wildman–Crippen MR) is 70.4 cm³/mol. The molecule has 0 aliphatic heterocycles. The van der Waals surface area contributed by atoms with Crippen molar-refractivity contribution in [2.24, 2.45) is 7.05 Å². The normalized spacial score (nSPS) is 10.5. The topological polar surface area (TPSA) is 57.2 Å². The summed E-state index contributed by atoms with van der Waals surface area (Å²) in [6.07, 6.45) is 1.60. The van der Waals surface area contributed by atoms with Gasteiger partial charge in [-0.25, -0.2) is 9.18 Å². The van der Waals surface area contributed by atoms with Crippen LogP contribution in [0, 0.1) is 5.82 Å². The quantitative estimate of drug-likeness (QED) is 0.881. The van der Waals surface area contributed by atoms with Gasteiger partial charge in [0.05, 0.1) is 5.69 Å². The zero-order valence-electron chi connectivity index (χ0n) is 10.2. The number of ether oxygens (including phenoxy) is 1. The van der Waals surface area contributed by atoms with Crippen LogP contribution in [0.2, 0.25) is 5.02 Å². The number of rotatable bonds is 3. The second-order valence-electron chi connectivity index (χ2n) is 4.08. The number of esters is 1. The van der Waals surface area contributed by atoms with Crippen molar-refractivity contribution in [1.29, 1.82) is 0 Å². The number of hydrogen-bond donors (Lipinski definition) is 1. The lowest BCUT2D eigenvalue weighted by Crippen LogP contribution is -2.10. The highest BCUT2D eigenvalue weighted by molar-refractivity contribution is 6.30. The molecule has 100 valence electrons. The third-order valence-corrected chi connectivity index (χ3v) is 2.84. The van der Waals surface area contributed by atoms with E-state index in [1.165, 1.54) is 24.3 Å². The van der Waals surface area contributed by atoms with Gasteiger partial charge in [0.1, 0.15) is 18.1 Å². The van der Waals surface area contributed by atoms with Crippen molar-refractivity contribution in [3.05, 3.63) is 52.6 Å². The van der Waals surface area contributed by atoms with Crippen molar-refractivity contribution in [1.82, 2.24) is 4.57 Å². The Bertz CT molecular complexity index is 625. The Morgan fingerprint density at radius 3 is 2.79 bits per heavy atom. The molecule has 2 N–H and O–H groups in total. The number of carbonyl (C=O) groups excluding carboxylic acids is 1. The summed E-state index contributed by atoms with van der Waals surface area (Å²) in [6, 6.07) is 5.68. The molecular formula is C13H12ClFN2O2. The molecule has 2 rings (SSSR count). The largest absolute Gasteiger partial charge is 0.456 e. The second-order valence-corrected chi connectivity index (χ2v) is 4.52. The van der Waals surface area contributed by atoms with E-state index in [9.17, 15) is 9.18 Å². The van der Waals surface area contributed by atoms with E-state index in [1.807, 2.05) is 0 Å². The van der Waals surface area contributed by atoms with Crippen molar-refractivity contribution < 1.29 is 13.9 Å². The number of anilines is 1. The predicted octanol–water partition coefficient (Wildman–Crippen LogP) is 2.76. The minimum atomic E-state index is -0.562. The van der Waals surface area contributed by atoms with Gasteiger partial charge in [0.2, 0.25) is 0 Å². The van der Waals surface area contributed by atoms with Crippen LogP contribution < -0.4 is 5.73 Å². The lowest BCUT2D eigenvalue weighted by atomic mass is 10.2. The highest BCUT2D eigenvalue weighted by atomic mass is 35.5. The first-order valence-electron chi connectivity index (χ1n) is 5.50. The molecule has 0 spiro atoms. The average molecular weight is 283 g/mol. The summed E-state index contributed by atoms with van der Waals surface area (Å²) >= 11 is 5.63. The van der Waals surface area contributed by atoms with Gasteiger partial charge in [-0.2, -0.15) is 0 Å². The Morgan fingerprint density at radius 2 is 2.21 bits per heavy atom. The number of hydrogen-bond acceptors (Lipinski definition) is 3. The van der Waals surface area contributed by atoms with Gasteiger partial charge >= 0.3 is 5.97 Å². The summed E-state index contributed by atoms with van der Waals surface area (Å²) < 4.78 is 20.1. The lowest BCUT2D eigenvalue weighted by molar-refractivity contribution is 0.0458. The van der Waals surface area contributed by atoms with E-state index < -0.39 is 11.8 Å². The van der Waals surface area contributed by atoms with E-state index in [2.05, 4.69) is 0 Å². The number of nitrogens with zero attached hydrogens (tertiary/aromatic N) is 1. The maximum atomic E-state index is 13.5. The summed E-state index contributed by atoms with van der Waals surface area (Å²) in [5, 5.41) is 0.294. The van der Waals surface area contributed by atoms with Crippen molar-refractivity contribution in [2.45, 2.75) is 6.61 Å². The van der Waals surface area contributed by atoms with Gasteiger partial charge in [0, 0.05) is 23.8 Å². The van der Waals surface area contributed by atoms with Crippen LogP contribution in [0.3, 0.4) is 0 Å². The number of nitrogen functional groups attached to an aromatic ring is 1. The van der Waals surface area contributed by atoms with Gasteiger partial charge in [-0.3, -0.25) is 0 Å². The molecule has 0 atom stereocenters. The van der Waals surface area contributed by atoms with Gasteiger partial charge in [0.15, 0.2) is 0 Å². The molecule has 1 aromatic heterocycles. The second kappa shape index (κ2) is 5.32.